The summed E-state index contributed by atoms with van der Waals surface area (Å²) < 4.78 is 4.75. The van der Waals surface area contributed by atoms with Crippen LogP contribution in [-0.2, 0) is 0 Å². The van der Waals surface area contributed by atoms with Crippen LogP contribution in [0.3, 0.4) is 0 Å². The Morgan fingerprint density at radius 3 is 2.68 bits per heavy atom. The van der Waals surface area contributed by atoms with Crippen LogP contribution in [0, 0.1) is 10.1 Å². The summed E-state index contributed by atoms with van der Waals surface area (Å²) in [5, 5.41) is 12.9. The van der Waals surface area contributed by atoms with Gasteiger partial charge in [-0.3, -0.25) is 14.9 Å². The first-order valence-electron chi connectivity index (χ1n) is 4.84. The molecule has 0 unspecified atom stereocenters. The van der Waals surface area contributed by atoms with E-state index in [1.165, 1.54) is 18.4 Å². The maximum atomic E-state index is 11.8. The molecular formula is C10H5Cl2N3O4. The predicted molar refractivity (Wildman–Crippen MR) is 67.6 cm³/mol. The van der Waals surface area contributed by atoms with Crippen LogP contribution in [-0.4, -0.2) is 15.8 Å². The Balaban J connectivity index is 2.33. The summed E-state index contributed by atoms with van der Waals surface area (Å²) in [5.41, 5.74) is -0.338. The topological polar surface area (TPSA) is 98.3 Å². The normalized spacial score (nSPS) is 10.2. The van der Waals surface area contributed by atoms with Crippen molar-refractivity contribution in [1.29, 1.82) is 0 Å². The summed E-state index contributed by atoms with van der Waals surface area (Å²) in [5.74, 6) is -0.948. The lowest BCUT2D eigenvalue weighted by molar-refractivity contribution is -0.384. The molecule has 0 saturated heterocycles. The molecule has 2 aromatic heterocycles. The van der Waals surface area contributed by atoms with E-state index in [-0.39, 0.29) is 27.4 Å². The second-order valence-corrected chi connectivity index (χ2v) is 4.05. The fourth-order valence-corrected chi connectivity index (χ4v) is 1.65. The van der Waals surface area contributed by atoms with E-state index in [0.717, 1.165) is 6.07 Å². The largest absolute Gasteiger partial charge is 0.452 e. The van der Waals surface area contributed by atoms with E-state index in [1.807, 2.05) is 0 Å². The number of amides is 1. The zero-order chi connectivity index (χ0) is 14.0. The van der Waals surface area contributed by atoms with Crippen LogP contribution in [0.2, 0.25) is 10.4 Å². The van der Waals surface area contributed by atoms with E-state index in [2.05, 4.69) is 10.3 Å². The van der Waals surface area contributed by atoms with Crippen LogP contribution in [0.25, 0.3) is 0 Å². The van der Waals surface area contributed by atoms with Crippen molar-refractivity contribution < 1.29 is 14.1 Å². The van der Waals surface area contributed by atoms with Gasteiger partial charge in [0.05, 0.1) is 16.7 Å². The Hall–Kier alpha value is -2.12. The van der Waals surface area contributed by atoms with Crippen LogP contribution < -0.4 is 5.32 Å². The van der Waals surface area contributed by atoms with E-state index in [1.54, 1.807) is 0 Å². The average Bonchev–Trinajstić information content (AvgIpc) is 2.75. The molecule has 19 heavy (non-hydrogen) atoms. The van der Waals surface area contributed by atoms with Gasteiger partial charge in [0.2, 0.25) is 11.0 Å². The molecule has 9 heteroatoms. The van der Waals surface area contributed by atoms with Gasteiger partial charge in [-0.15, -0.1) is 0 Å². The first kappa shape index (κ1) is 13.3. The highest BCUT2D eigenvalue weighted by Gasteiger charge is 2.20. The van der Waals surface area contributed by atoms with Crippen molar-refractivity contribution in [3.8, 4) is 0 Å². The van der Waals surface area contributed by atoms with E-state index < -0.39 is 10.8 Å². The molecule has 0 aliphatic heterocycles. The first-order valence-corrected chi connectivity index (χ1v) is 5.60. The lowest BCUT2D eigenvalue weighted by Gasteiger charge is -2.04. The summed E-state index contributed by atoms with van der Waals surface area (Å²) in [6, 6.07) is 3.72. The van der Waals surface area contributed by atoms with Crippen molar-refractivity contribution in [2.24, 2.45) is 0 Å². The molecule has 0 aliphatic rings. The van der Waals surface area contributed by atoms with Crippen molar-refractivity contribution in [1.82, 2.24) is 4.98 Å². The third-order valence-electron chi connectivity index (χ3n) is 2.13. The molecule has 0 saturated carbocycles. The van der Waals surface area contributed by atoms with E-state index in [4.69, 9.17) is 27.6 Å². The van der Waals surface area contributed by atoms with E-state index in [0.29, 0.717) is 0 Å². The number of hydrogen-bond acceptors (Lipinski definition) is 5. The molecule has 0 radical (unpaired) electrons. The minimum Gasteiger partial charge on any atom is -0.452 e. The fraction of sp³-hybridized carbons (Fsp3) is 0. The molecule has 0 bridgehead atoms. The second kappa shape index (κ2) is 5.25. The molecule has 98 valence electrons. The van der Waals surface area contributed by atoms with E-state index >= 15 is 0 Å². The summed E-state index contributed by atoms with van der Waals surface area (Å²) in [6.07, 6.45) is 1.22. The predicted octanol–water partition coefficient (Wildman–Crippen LogP) is 3.14. The smallest absolute Gasteiger partial charge is 0.311 e. The zero-order valence-electron chi connectivity index (χ0n) is 9.09. The molecule has 0 atom stereocenters. The van der Waals surface area contributed by atoms with Crippen LogP contribution >= 0.6 is 23.2 Å². The molecule has 0 spiro atoms. The number of pyridine rings is 1. The van der Waals surface area contributed by atoms with Crippen molar-refractivity contribution in [2.75, 3.05) is 5.32 Å². The number of anilines is 1. The molecule has 2 aromatic rings. The minimum absolute atomic E-state index is 0.0131. The zero-order valence-corrected chi connectivity index (χ0v) is 10.6. The number of furan rings is 1. The van der Waals surface area contributed by atoms with Gasteiger partial charge in [0.1, 0.15) is 5.15 Å². The third-order valence-corrected chi connectivity index (χ3v) is 2.63. The van der Waals surface area contributed by atoms with Gasteiger partial charge in [0, 0.05) is 6.07 Å². The molecule has 1 amide bonds. The number of carbonyl (C=O) groups excluding carboxylic acids is 1. The molecule has 1 N–H and O–H groups in total. The number of carbonyl (C=O) groups is 1. The van der Waals surface area contributed by atoms with Gasteiger partial charge in [-0.25, -0.2) is 4.98 Å². The highest BCUT2D eigenvalue weighted by atomic mass is 35.5. The molecular weight excluding hydrogens is 297 g/mol. The number of rotatable bonds is 3. The quantitative estimate of drug-likeness (QED) is 0.533. The molecule has 2 rings (SSSR count). The highest BCUT2D eigenvalue weighted by Crippen LogP contribution is 2.25. The maximum absolute atomic E-state index is 11.8. The van der Waals surface area contributed by atoms with Crippen LogP contribution in [0.5, 0.6) is 0 Å². The number of halogens is 2. The fourth-order valence-electron chi connectivity index (χ4n) is 1.30. The van der Waals surface area contributed by atoms with Crippen LogP contribution in [0.15, 0.2) is 28.9 Å². The number of nitrogens with zero attached hydrogens (tertiary/aromatic N) is 2. The maximum Gasteiger partial charge on any atom is 0.311 e. The molecule has 0 aromatic carbocycles. The van der Waals surface area contributed by atoms with Gasteiger partial charge < -0.3 is 9.73 Å². The Labute approximate surface area is 116 Å². The molecule has 2 heterocycles. The van der Waals surface area contributed by atoms with Crippen molar-refractivity contribution in [3.05, 3.63) is 50.5 Å². The molecule has 0 aliphatic carbocycles. The number of nitrogens with one attached hydrogen (secondary N) is 1. The van der Waals surface area contributed by atoms with Crippen molar-refractivity contribution >= 4 is 40.6 Å². The number of aromatic nitrogens is 1. The monoisotopic (exact) mass is 301 g/mol. The summed E-state index contributed by atoms with van der Waals surface area (Å²) in [4.78, 5) is 25.6. The Morgan fingerprint density at radius 1 is 1.37 bits per heavy atom. The lowest BCUT2D eigenvalue weighted by Crippen LogP contribution is -2.14. The summed E-state index contributed by atoms with van der Waals surface area (Å²) >= 11 is 11.3. The van der Waals surface area contributed by atoms with E-state index in [9.17, 15) is 14.9 Å². The lowest BCUT2D eigenvalue weighted by atomic mass is 10.3. The Kier molecular flexibility index (Phi) is 3.68. The number of hydrogen-bond donors (Lipinski definition) is 1. The standard InChI is InChI=1S/C10H5Cl2N3O4/c11-7-2-1-6(15(17)18)9(13-7)14-10(16)5-3-4-19-8(5)12/h1-4H,(H,13,14,16). The van der Waals surface area contributed by atoms with Crippen LogP contribution in [0.1, 0.15) is 10.4 Å². The minimum atomic E-state index is -0.685. The number of nitro groups is 1. The van der Waals surface area contributed by atoms with Gasteiger partial charge >= 0.3 is 5.69 Å². The molecule has 0 fully saturated rings. The summed E-state index contributed by atoms with van der Waals surface area (Å²) in [6.45, 7) is 0. The van der Waals surface area contributed by atoms with Gasteiger partial charge in [0.25, 0.3) is 5.91 Å². The first-order chi connectivity index (χ1) is 8.99. The highest BCUT2D eigenvalue weighted by molar-refractivity contribution is 6.32. The average molecular weight is 302 g/mol. The Bertz CT molecular complexity index is 656. The van der Waals surface area contributed by atoms with Crippen LogP contribution in [0.4, 0.5) is 11.5 Å². The SMILES string of the molecule is O=C(Nc1nc(Cl)ccc1[N+](=O)[O-])c1ccoc1Cl. The van der Waals surface area contributed by atoms with Gasteiger partial charge in [-0.2, -0.15) is 0 Å². The van der Waals surface area contributed by atoms with Gasteiger partial charge in [0.15, 0.2) is 0 Å². The summed E-state index contributed by atoms with van der Waals surface area (Å²) in [7, 11) is 0. The van der Waals surface area contributed by atoms with Gasteiger partial charge in [-0.05, 0) is 23.7 Å². The molecule has 7 nitrogen and oxygen atoms in total. The second-order valence-electron chi connectivity index (χ2n) is 3.32. The van der Waals surface area contributed by atoms with Crippen molar-refractivity contribution in [3.63, 3.8) is 0 Å². The Morgan fingerprint density at radius 2 is 2.11 bits per heavy atom. The third kappa shape index (κ3) is 2.83. The van der Waals surface area contributed by atoms with Crippen molar-refractivity contribution in [2.45, 2.75) is 0 Å². The van der Waals surface area contributed by atoms with Gasteiger partial charge in [-0.1, -0.05) is 11.6 Å².